The smallest absolute Gasteiger partial charge is 0.332 e. The summed E-state index contributed by atoms with van der Waals surface area (Å²) in [7, 11) is 0. The Hall–Kier alpha value is -0.610. The summed E-state index contributed by atoms with van der Waals surface area (Å²) in [5, 5.41) is 8.84. The highest BCUT2D eigenvalue weighted by atomic mass is 16.5. The third-order valence-electron chi connectivity index (χ3n) is 3.73. The van der Waals surface area contributed by atoms with Gasteiger partial charge in [0.1, 0.15) is 0 Å². The minimum absolute atomic E-state index is 0.443. The molecule has 0 aromatic carbocycles. The average molecular weight is 227 g/mol. The molecular formula is C12H21NO3. The molecule has 2 rings (SSSR count). The van der Waals surface area contributed by atoms with Crippen molar-refractivity contribution in [1.29, 1.82) is 0 Å². The normalized spacial score (nSPS) is 37.2. The molecule has 2 aliphatic heterocycles. The lowest BCUT2D eigenvalue weighted by Gasteiger charge is -2.39. The predicted octanol–water partition coefficient (Wildman–Crippen LogP) is 1.35. The highest BCUT2D eigenvalue weighted by molar-refractivity contribution is 5.72. The molecule has 2 aliphatic rings. The Balaban J connectivity index is 1.81. The fourth-order valence-electron chi connectivity index (χ4n) is 2.78. The SMILES string of the molecule is CC1CCCN(C2CC[C@H](C(=O)O)OC2)C1. The van der Waals surface area contributed by atoms with Gasteiger partial charge in [0.2, 0.25) is 0 Å². The summed E-state index contributed by atoms with van der Waals surface area (Å²) in [6.07, 6.45) is 3.63. The van der Waals surface area contributed by atoms with Crippen molar-refractivity contribution < 1.29 is 14.6 Å². The van der Waals surface area contributed by atoms with E-state index < -0.39 is 12.1 Å². The van der Waals surface area contributed by atoms with Gasteiger partial charge < -0.3 is 9.84 Å². The van der Waals surface area contributed by atoms with Crippen molar-refractivity contribution in [2.45, 2.75) is 44.8 Å². The van der Waals surface area contributed by atoms with Crippen LogP contribution in [0.25, 0.3) is 0 Å². The number of carboxylic acid groups (broad SMARTS) is 1. The minimum atomic E-state index is -0.814. The van der Waals surface area contributed by atoms with E-state index in [0.29, 0.717) is 19.1 Å². The molecule has 2 unspecified atom stereocenters. The van der Waals surface area contributed by atoms with E-state index in [9.17, 15) is 4.79 Å². The molecule has 2 fully saturated rings. The lowest BCUT2D eigenvalue weighted by molar-refractivity contribution is -0.156. The number of aliphatic carboxylic acids is 1. The van der Waals surface area contributed by atoms with E-state index in [1.165, 1.54) is 12.8 Å². The Morgan fingerprint density at radius 1 is 1.38 bits per heavy atom. The first-order chi connectivity index (χ1) is 7.66. The van der Waals surface area contributed by atoms with Crippen molar-refractivity contribution in [1.82, 2.24) is 4.90 Å². The molecule has 0 aliphatic carbocycles. The molecule has 0 aromatic rings. The van der Waals surface area contributed by atoms with Gasteiger partial charge in [0, 0.05) is 12.6 Å². The first-order valence-corrected chi connectivity index (χ1v) is 6.25. The molecule has 4 heteroatoms. The van der Waals surface area contributed by atoms with Crippen LogP contribution in [0.1, 0.15) is 32.6 Å². The first kappa shape index (κ1) is 11.9. The van der Waals surface area contributed by atoms with E-state index in [-0.39, 0.29) is 0 Å². The Morgan fingerprint density at radius 3 is 2.75 bits per heavy atom. The summed E-state index contributed by atoms with van der Waals surface area (Å²) in [5.41, 5.74) is 0. The van der Waals surface area contributed by atoms with E-state index >= 15 is 0 Å². The van der Waals surface area contributed by atoms with Crippen LogP contribution in [0.15, 0.2) is 0 Å². The molecular weight excluding hydrogens is 206 g/mol. The second kappa shape index (κ2) is 5.15. The van der Waals surface area contributed by atoms with Crippen LogP contribution in [0.5, 0.6) is 0 Å². The molecule has 3 atom stereocenters. The summed E-state index contributed by atoms with van der Waals surface area (Å²) in [6, 6.07) is 0.443. The van der Waals surface area contributed by atoms with Crippen LogP contribution in [0, 0.1) is 5.92 Å². The van der Waals surface area contributed by atoms with Crippen LogP contribution >= 0.6 is 0 Å². The number of carbonyl (C=O) groups is 1. The topological polar surface area (TPSA) is 49.8 Å². The van der Waals surface area contributed by atoms with E-state index in [0.717, 1.165) is 25.4 Å². The molecule has 4 nitrogen and oxygen atoms in total. The number of carboxylic acids is 1. The maximum Gasteiger partial charge on any atom is 0.332 e. The number of nitrogens with zero attached hydrogens (tertiary/aromatic N) is 1. The molecule has 16 heavy (non-hydrogen) atoms. The van der Waals surface area contributed by atoms with Gasteiger partial charge >= 0.3 is 5.97 Å². The van der Waals surface area contributed by atoms with E-state index in [1.54, 1.807) is 0 Å². The summed E-state index contributed by atoms with van der Waals surface area (Å²) in [6.45, 7) is 5.17. The van der Waals surface area contributed by atoms with Crippen molar-refractivity contribution in [2.75, 3.05) is 19.7 Å². The molecule has 1 N–H and O–H groups in total. The fourth-order valence-corrected chi connectivity index (χ4v) is 2.78. The van der Waals surface area contributed by atoms with Gasteiger partial charge in [-0.3, -0.25) is 4.90 Å². The summed E-state index contributed by atoms with van der Waals surface area (Å²) < 4.78 is 5.40. The second-order valence-electron chi connectivity index (χ2n) is 5.13. The molecule has 0 saturated carbocycles. The molecule has 0 radical (unpaired) electrons. The van der Waals surface area contributed by atoms with E-state index in [1.807, 2.05) is 0 Å². The van der Waals surface area contributed by atoms with Crippen molar-refractivity contribution in [3.63, 3.8) is 0 Å². The predicted molar refractivity (Wildman–Crippen MR) is 60.4 cm³/mol. The first-order valence-electron chi connectivity index (χ1n) is 6.25. The van der Waals surface area contributed by atoms with Crippen LogP contribution in [0.4, 0.5) is 0 Å². The molecule has 2 saturated heterocycles. The fraction of sp³-hybridized carbons (Fsp3) is 0.917. The molecule has 92 valence electrons. The maximum absolute atomic E-state index is 10.8. The second-order valence-corrected chi connectivity index (χ2v) is 5.13. The third-order valence-corrected chi connectivity index (χ3v) is 3.73. The standard InChI is InChI=1S/C12H21NO3/c1-9-3-2-6-13(7-9)10-4-5-11(12(14)15)16-8-10/h9-11H,2-8H2,1H3,(H,14,15)/t9?,10?,11-/m1/s1. The lowest BCUT2D eigenvalue weighted by atomic mass is 9.96. The Morgan fingerprint density at radius 2 is 2.19 bits per heavy atom. The van der Waals surface area contributed by atoms with Crippen LogP contribution in [0.2, 0.25) is 0 Å². The van der Waals surface area contributed by atoms with Gasteiger partial charge in [-0.05, 0) is 38.1 Å². The van der Waals surface area contributed by atoms with Crippen LogP contribution in [0.3, 0.4) is 0 Å². The average Bonchev–Trinajstić information content (AvgIpc) is 2.29. The number of hydrogen-bond acceptors (Lipinski definition) is 3. The Bertz CT molecular complexity index is 249. The zero-order chi connectivity index (χ0) is 11.5. The molecule has 2 heterocycles. The summed E-state index contributed by atoms with van der Waals surface area (Å²) in [4.78, 5) is 13.2. The van der Waals surface area contributed by atoms with Gasteiger partial charge in [-0.1, -0.05) is 6.92 Å². The molecule has 0 aromatic heterocycles. The molecule has 0 bridgehead atoms. The van der Waals surface area contributed by atoms with Crippen LogP contribution < -0.4 is 0 Å². The van der Waals surface area contributed by atoms with Crippen molar-refractivity contribution in [2.24, 2.45) is 5.92 Å². The minimum Gasteiger partial charge on any atom is -0.479 e. The number of hydrogen-bond donors (Lipinski definition) is 1. The number of piperidine rings is 1. The quantitative estimate of drug-likeness (QED) is 0.773. The number of likely N-dealkylation sites (tertiary alicyclic amines) is 1. The lowest BCUT2D eigenvalue weighted by Crippen LogP contribution is -2.48. The largest absolute Gasteiger partial charge is 0.479 e. The Labute approximate surface area is 96.6 Å². The van der Waals surface area contributed by atoms with Gasteiger partial charge in [0.05, 0.1) is 6.61 Å². The number of rotatable bonds is 2. The maximum atomic E-state index is 10.8. The molecule has 0 spiro atoms. The van der Waals surface area contributed by atoms with Crippen molar-refractivity contribution in [3.8, 4) is 0 Å². The van der Waals surface area contributed by atoms with Gasteiger partial charge in [-0.2, -0.15) is 0 Å². The van der Waals surface area contributed by atoms with Crippen LogP contribution in [-0.4, -0.2) is 47.8 Å². The highest BCUT2D eigenvalue weighted by Gasteiger charge is 2.31. The van der Waals surface area contributed by atoms with Gasteiger partial charge in [-0.15, -0.1) is 0 Å². The molecule has 0 amide bonds. The Kier molecular flexibility index (Phi) is 3.82. The van der Waals surface area contributed by atoms with Crippen molar-refractivity contribution >= 4 is 5.97 Å². The summed E-state index contributed by atoms with van der Waals surface area (Å²) in [5.74, 6) is -0.0450. The number of ether oxygens (including phenoxy) is 1. The monoisotopic (exact) mass is 227 g/mol. The van der Waals surface area contributed by atoms with E-state index in [2.05, 4.69) is 11.8 Å². The van der Waals surface area contributed by atoms with Crippen molar-refractivity contribution in [3.05, 3.63) is 0 Å². The summed E-state index contributed by atoms with van der Waals surface area (Å²) >= 11 is 0. The van der Waals surface area contributed by atoms with E-state index in [4.69, 9.17) is 9.84 Å². The zero-order valence-corrected chi connectivity index (χ0v) is 9.89. The zero-order valence-electron chi connectivity index (χ0n) is 9.89. The van der Waals surface area contributed by atoms with Gasteiger partial charge in [0.15, 0.2) is 6.10 Å². The van der Waals surface area contributed by atoms with Crippen LogP contribution in [-0.2, 0) is 9.53 Å². The van der Waals surface area contributed by atoms with Gasteiger partial charge in [-0.25, -0.2) is 4.79 Å². The third kappa shape index (κ3) is 2.74. The highest BCUT2D eigenvalue weighted by Crippen LogP contribution is 2.23. The van der Waals surface area contributed by atoms with Gasteiger partial charge in [0.25, 0.3) is 0 Å².